The average Bonchev–Trinajstić information content (AvgIpc) is 3.13. The van der Waals surface area contributed by atoms with Crippen LogP contribution in [0.3, 0.4) is 0 Å². The zero-order valence-corrected chi connectivity index (χ0v) is 13.4. The third-order valence-corrected chi connectivity index (χ3v) is 5.63. The summed E-state index contributed by atoms with van der Waals surface area (Å²) >= 11 is 1.83. The van der Waals surface area contributed by atoms with Crippen molar-refractivity contribution in [3.8, 4) is 0 Å². The Hall–Kier alpha value is -2.36. The molecule has 0 atom stereocenters. The third-order valence-electron chi connectivity index (χ3n) is 4.38. The van der Waals surface area contributed by atoms with E-state index in [0.717, 1.165) is 11.2 Å². The second-order valence-corrected chi connectivity index (χ2v) is 6.79. The summed E-state index contributed by atoms with van der Waals surface area (Å²) in [4.78, 5) is 0. The first-order valence-corrected chi connectivity index (χ1v) is 8.42. The van der Waals surface area contributed by atoms with Gasteiger partial charge in [-0.2, -0.15) is 0 Å². The molecule has 0 aliphatic carbocycles. The highest BCUT2D eigenvalue weighted by Crippen LogP contribution is 2.43. The molecule has 112 valence electrons. The van der Waals surface area contributed by atoms with Gasteiger partial charge in [-0.15, -0.1) is 11.3 Å². The van der Waals surface area contributed by atoms with Crippen molar-refractivity contribution < 1.29 is 9.15 Å². The van der Waals surface area contributed by atoms with Crippen LogP contribution in [0.1, 0.15) is 5.56 Å². The van der Waals surface area contributed by atoms with E-state index < -0.39 is 0 Å². The summed E-state index contributed by atoms with van der Waals surface area (Å²) in [5.41, 5.74) is 3.14. The van der Waals surface area contributed by atoms with E-state index in [-0.39, 0.29) is 0 Å². The number of thiophene rings is 1. The molecule has 23 heavy (non-hydrogen) atoms. The lowest BCUT2D eigenvalue weighted by molar-refractivity contribution is 0.186. The molecule has 0 N–H and O–H groups in total. The number of ether oxygens (including phenoxy) is 1. The van der Waals surface area contributed by atoms with Crippen LogP contribution in [0.15, 0.2) is 59.0 Å². The summed E-state index contributed by atoms with van der Waals surface area (Å²) in [5, 5.41) is 4.99. The van der Waals surface area contributed by atoms with Crippen molar-refractivity contribution in [3.63, 3.8) is 0 Å². The highest BCUT2D eigenvalue weighted by Gasteiger charge is 2.15. The van der Waals surface area contributed by atoms with Crippen LogP contribution in [-0.2, 0) is 11.3 Å². The second kappa shape index (κ2) is 4.82. The second-order valence-electron chi connectivity index (χ2n) is 5.74. The lowest BCUT2D eigenvalue weighted by Gasteiger charge is -2.01. The number of rotatable bonds is 2. The summed E-state index contributed by atoms with van der Waals surface area (Å²) in [6.45, 7) is 0.638. The molecule has 3 heteroatoms. The Balaban J connectivity index is 2.03. The van der Waals surface area contributed by atoms with E-state index in [1.54, 1.807) is 7.11 Å². The smallest absolute Gasteiger partial charge is 0.136 e. The van der Waals surface area contributed by atoms with Crippen molar-refractivity contribution in [2.75, 3.05) is 7.11 Å². The molecule has 0 unspecified atom stereocenters. The number of methoxy groups -OCH3 is 1. The number of hydrogen-bond donors (Lipinski definition) is 0. The van der Waals surface area contributed by atoms with Crippen LogP contribution in [0.25, 0.3) is 42.1 Å². The molecule has 5 aromatic rings. The van der Waals surface area contributed by atoms with Gasteiger partial charge in [0.15, 0.2) is 0 Å². The Labute approximate surface area is 136 Å². The Morgan fingerprint density at radius 1 is 0.870 bits per heavy atom. The fourth-order valence-electron chi connectivity index (χ4n) is 3.43. The van der Waals surface area contributed by atoms with Crippen molar-refractivity contribution >= 4 is 53.4 Å². The van der Waals surface area contributed by atoms with Crippen LogP contribution in [0.2, 0.25) is 0 Å². The van der Waals surface area contributed by atoms with E-state index >= 15 is 0 Å². The molecule has 0 aliphatic heterocycles. The maximum Gasteiger partial charge on any atom is 0.136 e. The molecule has 0 fully saturated rings. The predicted octanol–water partition coefficient (Wildman–Crippen LogP) is 6.10. The van der Waals surface area contributed by atoms with Gasteiger partial charge in [-0.3, -0.25) is 0 Å². The molecule has 0 radical (unpaired) electrons. The zero-order valence-electron chi connectivity index (χ0n) is 12.6. The summed E-state index contributed by atoms with van der Waals surface area (Å²) < 4.78 is 14.0. The molecule has 0 saturated heterocycles. The Bertz CT molecular complexity index is 1180. The van der Waals surface area contributed by atoms with Gasteiger partial charge in [0.25, 0.3) is 0 Å². The summed E-state index contributed by atoms with van der Waals surface area (Å²) in [6, 6.07) is 19.0. The first kappa shape index (κ1) is 13.1. The highest BCUT2D eigenvalue weighted by molar-refractivity contribution is 7.26. The predicted molar refractivity (Wildman–Crippen MR) is 97.3 cm³/mol. The van der Waals surface area contributed by atoms with Gasteiger partial charge in [0.2, 0.25) is 0 Å². The summed E-state index contributed by atoms with van der Waals surface area (Å²) in [6.07, 6.45) is 0. The quantitative estimate of drug-likeness (QED) is 0.392. The minimum Gasteiger partial charge on any atom is -0.456 e. The lowest BCUT2D eigenvalue weighted by Crippen LogP contribution is -1.86. The maximum atomic E-state index is 6.04. The maximum absolute atomic E-state index is 6.04. The highest BCUT2D eigenvalue weighted by atomic mass is 32.1. The topological polar surface area (TPSA) is 22.4 Å². The average molecular weight is 318 g/mol. The van der Waals surface area contributed by atoms with Gasteiger partial charge in [0, 0.05) is 38.1 Å². The monoisotopic (exact) mass is 318 g/mol. The number of furan rings is 1. The molecule has 0 saturated carbocycles. The minimum atomic E-state index is 0.638. The number of benzene rings is 3. The molecule has 2 nitrogen and oxygen atoms in total. The van der Waals surface area contributed by atoms with Gasteiger partial charge in [0.1, 0.15) is 11.2 Å². The number of fused-ring (bicyclic) bond motifs is 7. The van der Waals surface area contributed by atoms with Gasteiger partial charge in [-0.1, -0.05) is 36.4 Å². The van der Waals surface area contributed by atoms with Gasteiger partial charge in [-0.25, -0.2) is 0 Å². The van der Waals surface area contributed by atoms with Crippen molar-refractivity contribution in [1.82, 2.24) is 0 Å². The first-order chi connectivity index (χ1) is 11.4. The Morgan fingerprint density at radius 2 is 1.74 bits per heavy atom. The fraction of sp³-hybridized carbons (Fsp3) is 0.100. The van der Waals surface area contributed by atoms with Gasteiger partial charge in [-0.05, 0) is 23.8 Å². The normalized spacial score (nSPS) is 12.0. The summed E-state index contributed by atoms with van der Waals surface area (Å²) in [7, 11) is 1.74. The Kier molecular flexibility index (Phi) is 2.75. The van der Waals surface area contributed by atoms with Crippen LogP contribution in [-0.4, -0.2) is 7.11 Å². The first-order valence-electron chi connectivity index (χ1n) is 7.60. The third kappa shape index (κ3) is 1.78. The molecule has 5 rings (SSSR count). The van der Waals surface area contributed by atoms with E-state index in [1.165, 1.54) is 36.5 Å². The zero-order chi connectivity index (χ0) is 15.4. The van der Waals surface area contributed by atoms with Gasteiger partial charge < -0.3 is 9.15 Å². The van der Waals surface area contributed by atoms with Crippen LogP contribution in [0, 0.1) is 0 Å². The minimum absolute atomic E-state index is 0.638. The largest absolute Gasteiger partial charge is 0.456 e. The molecular weight excluding hydrogens is 304 g/mol. The molecule has 0 aliphatic rings. The van der Waals surface area contributed by atoms with E-state index in [0.29, 0.717) is 6.61 Å². The lowest BCUT2D eigenvalue weighted by atomic mass is 10.0. The molecule has 0 spiro atoms. The molecular formula is C20H14O2S. The van der Waals surface area contributed by atoms with Crippen molar-refractivity contribution in [2.45, 2.75) is 6.61 Å². The molecule has 0 bridgehead atoms. The van der Waals surface area contributed by atoms with Crippen molar-refractivity contribution in [3.05, 3.63) is 60.2 Å². The van der Waals surface area contributed by atoms with Crippen molar-refractivity contribution in [2.24, 2.45) is 0 Å². The van der Waals surface area contributed by atoms with Gasteiger partial charge in [0.05, 0.1) is 6.61 Å². The molecule has 0 amide bonds. The van der Waals surface area contributed by atoms with Gasteiger partial charge >= 0.3 is 0 Å². The number of para-hydroxylation sites is 1. The Morgan fingerprint density at radius 3 is 2.65 bits per heavy atom. The van der Waals surface area contributed by atoms with E-state index in [4.69, 9.17) is 9.15 Å². The van der Waals surface area contributed by atoms with E-state index in [2.05, 4.69) is 42.5 Å². The number of hydrogen-bond acceptors (Lipinski definition) is 3. The van der Waals surface area contributed by atoms with E-state index in [1.807, 2.05) is 23.5 Å². The summed E-state index contributed by atoms with van der Waals surface area (Å²) in [5.74, 6) is 0. The molecule has 2 aromatic heterocycles. The van der Waals surface area contributed by atoms with Crippen molar-refractivity contribution in [1.29, 1.82) is 0 Å². The van der Waals surface area contributed by atoms with Crippen LogP contribution in [0.5, 0.6) is 0 Å². The fourth-order valence-corrected chi connectivity index (χ4v) is 4.64. The van der Waals surface area contributed by atoms with Crippen LogP contribution in [0.4, 0.5) is 0 Å². The SMILES string of the molecule is COCc1cccc2c1sc1ccc3oc4ccccc4c3c12. The van der Waals surface area contributed by atoms with Crippen LogP contribution >= 0.6 is 11.3 Å². The molecule has 3 aromatic carbocycles. The van der Waals surface area contributed by atoms with Crippen LogP contribution < -0.4 is 0 Å². The molecule has 2 heterocycles. The van der Waals surface area contributed by atoms with E-state index in [9.17, 15) is 0 Å². The standard InChI is InChI=1S/C20H14O2S/c1-21-11-12-5-4-7-14-19-17(23-20(12)14)10-9-16-18(19)13-6-2-3-8-15(13)22-16/h2-10H,11H2,1H3.